The Bertz CT molecular complexity index is 149. The van der Waals surface area contributed by atoms with Gasteiger partial charge in [0.05, 0.1) is 0 Å². The SMILES string of the molecule is [B-].[Yb+3].c1cc[cH-]c1.c1cc[cH-]c1. The molecular formula is C10H10BYb. The molecule has 0 aliphatic heterocycles. The first-order valence-corrected chi connectivity index (χ1v) is 3.33. The van der Waals surface area contributed by atoms with Gasteiger partial charge in [-0.05, 0) is 0 Å². The minimum atomic E-state index is 0. The van der Waals surface area contributed by atoms with Gasteiger partial charge in [0.25, 0.3) is 0 Å². The van der Waals surface area contributed by atoms with Gasteiger partial charge in [-0.2, -0.15) is 36.4 Å². The predicted octanol–water partition coefficient (Wildman–Crippen LogP) is 2.43. The van der Waals surface area contributed by atoms with Crippen molar-refractivity contribution < 1.29 is 46.9 Å². The van der Waals surface area contributed by atoms with Gasteiger partial charge < -0.3 is 8.41 Å². The van der Waals surface area contributed by atoms with Crippen LogP contribution in [0.3, 0.4) is 0 Å². The summed E-state index contributed by atoms with van der Waals surface area (Å²) in [4.78, 5) is 0. The summed E-state index contributed by atoms with van der Waals surface area (Å²) in [5.74, 6) is 0. The zero-order valence-electron chi connectivity index (χ0n) is 6.62. The van der Waals surface area contributed by atoms with Crippen LogP contribution in [0.15, 0.2) is 60.7 Å². The average Bonchev–Trinajstić information content (AvgIpc) is 2.67. The third-order valence-corrected chi connectivity index (χ3v) is 1.11. The van der Waals surface area contributed by atoms with Crippen molar-refractivity contribution in [3.63, 3.8) is 0 Å². The van der Waals surface area contributed by atoms with Crippen LogP contribution in [0, 0.1) is 46.9 Å². The molecule has 0 bridgehead atoms. The number of hydrogen-bond acceptors (Lipinski definition) is 0. The first kappa shape index (κ1) is 14.8. The van der Waals surface area contributed by atoms with Gasteiger partial charge >= 0.3 is 46.9 Å². The van der Waals surface area contributed by atoms with E-state index in [2.05, 4.69) is 0 Å². The van der Waals surface area contributed by atoms with Crippen molar-refractivity contribution >= 4 is 8.41 Å². The summed E-state index contributed by atoms with van der Waals surface area (Å²) in [5, 5.41) is 0. The summed E-state index contributed by atoms with van der Waals surface area (Å²) in [6.07, 6.45) is 0. The summed E-state index contributed by atoms with van der Waals surface area (Å²) >= 11 is 0. The first-order chi connectivity index (χ1) is 5.00. The van der Waals surface area contributed by atoms with Gasteiger partial charge in [0, 0.05) is 0 Å². The average molecular weight is 314 g/mol. The van der Waals surface area contributed by atoms with Gasteiger partial charge in [-0.3, -0.25) is 0 Å². The summed E-state index contributed by atoms with van der Waals surface area (Å²) in [5.41, 5.74) is 0. The topological polar surface area (TPSA) is 0 Å². The molecule has 0 atom stereocenters. The van der Waals surface area contributed by atoms with Crippen LogP contribution in [0.2, 0.25) is 0 Å². The van der Waals surface area contributed by atoms with E-state index < -0.39 is 0 Å². The Morgan fingerprint density at radius 1 is 0.583 bits per heavy atom. The molecule has 0 amide bonds. The molecular weight excluding hydrogens is 304 g/mol. The van der Waals surface area contributed by atoms with E-state index in [0.29, 0.717) is 0 Å². The van der Waals surface area contributed by atoms with E-state index in [4.69, 9.17) is 0 Å². The van der Waals surface area contributed by atoms with Gasteiger partial charge in [0.15, 0.2) is 0 Å². The second-order valence-corrected chi connectivity index (χ2v) is 1.92. The van der Waals surface area contributed by atoms with E-state index in [0.717, 1.165) is 0 Å². The second kappa shape index (κ2) is 11.3. The van der Waals surface area contributed by atoms with Crippen LogP contribution in [-0.4, -0.2) is 8.41 Å². The predicted molar refractivity (Wildman–Crippen MR) is 49.8 cm³/mol. The Morgan fingerprint density at radius 2 is 0.833 bits per heavy atom. The maximum atomic E-state index is 2.00. The molecule has 0 N–H and O–H groups in total. The van der Waals surface area contributed by atoms with Crippen molar-refractivity contribution in [3.8, 4) is 0 Å². The number of hydrogen-bond donors (Lipinski definition) is 0. The van der Waals surface area contributed by atoms with Crippen molar-refractivity contribution in [1.82, 2.24) is 0 Å². The molecule has 0 unspecified atom stereocenters. The molecule has 2 aromatic carbocycles. The van der Waals surface area contributed by atoms with Crippen LogP contribution in [0.1, 0.15) is 0 Å². The monoisotopic (exact) mass is 315 g/mol. The molecule has 0 aliphatic rings. The molecule has 0 saturated heterocycles. The molecule has 0 spiro atoms. The molecule has 0 nitrogen and oxygen atoms in total. The third kappa shape index (κ3) is 8.38. The molecule has 5 radical (unpaired) electrons. The largest absolute Gasteiger partial charge is 3.00 e. The molecule has 0 fully saturated rings. The van der Waals surface area contributed by atoms with Gasteiger partial charge in [0.1, 0.15) is 0 Å². The molecule has 2 rings (SSSR count). The van der Waals surface area contributed by atoms with Crippen LogP contribution in [0.4, 0.5) is 0 Å². The molecule has 67 valence electrons. The van der Waals surface area contributed by atoms with Gasteiger partial charge in [-0.1, -0.05) is 0 Å². The Kier molecular flexibility index (Phi) is 13.9. The summed E-state index contributed by atoms with van der Waals surface area (Å²) in [6.45, 7) is 0. The molecule has 12 heavy (non-hydrogen) atoms. The van der Waals surface area contributed by atoms with Gasteiger partial charge in [-0.25, -0.2) is 24.3 Å². The first-order valence-electron chi connectivity index (χ1n) is 3.33. The van der Waals surface area contributed by atoms with Crippen molar-refractivity contribution in [3.05, 3.63) is 60.7 Å². The van der Waals surface area contributed by atoms with E-state index in [1.54, 1.807) is 0 Å². The fraction of sp³-hybridized carbons (Fsp3) is 0. The van der Waals surface area contributed by atoms with Crippen molar-refractivity contribution in [2.24, 2.45) is 0 Å². The zero-order chi connectivity index (χ0) is 7.07. The fourth-order valence-corrected chi connectivity index (χ4v) is 0.642. The Hall–Kier alpha value is 0.284. The Balaban J connectivity index is 0. The van der Waals surface area contributed by atoms with Crippen LogP contribution in [-0.2, 0) is 0 Å². The summed E-state index contributed by atoms with van der Waals surface area (Å²) in [6, 6.07) is 20.0. The van der Waals surface area contributed by atoms with E-state index in [9.17, 15) is 0 Å². The molecule has 2 heteroatoms. The van der Waals surface area contributed by atoms with E-state index in [-0.39, 0.29) is 55.3 Å². The molecule has 0 aliphatic carbocycles. The summed E-state index contributed by atoms with van der Waals surface area (Å²) in [7, 11) is 0. The van der Waals surface area contributed by atoms with Crippen LogP contribution in [0.5, 0.6) is 0 Å². The smallest absolute Gasteiger partial charge is 1.00 e. The van der Waals surface area contributed by atoms with Crippen molar-refractivity contribution in [2.45, 2.75) is 0 Å². The minimum absolute atomic E-state index is 0. The second-order valence-electron chi connectivity index (χ2n) is 1.92. The van der Waals surface area contributed by atoms with Gasteiger partial charge in [-0.15, -0.1) is 0 Å². The zero-order valence-corrected chi connectivity index (χ0v) is 8.33. The maximum Gasteiger partial charge on any atom is 3.00 e. The van der Waals surface area contributed by atoms with E-state index in [1.807, 2.05) is 60.7 Å². The van der Waals surface area contributed by atoms with Crippen LogP contribution < -0.4 is 0 Å². The molecule has 0 saturated carbocycles. The van der Waals surface area contributed by atoms with Crippen LogP contribution in [0.25, 0.3) is 0 Å². The molecule has 2 aromatic rings. The Labute approximate surface area is 115 Å². The van der Waals surface area contributed by atoms with Crippen molar-refractivity contribution in [1.29, 1.82) is 0 Å². The van der Waals surface area contributed by atoms with E-state index >= 15 is 0 Å². The molecule has 0 heterocycles. The fourth-order valence-electron chi connectivity index (χ4n) is 0.642. The van der Waals surface area contributed by atoms with Gasteiger partial charge in [0.2, 0.25) is 0 Å². The number of rotatable bonds is 0. The normalized spacial score (nSPS) is 6.67. The minimum Gasteiger partial charge on any atom is -1.00 e. The maximum absolute atomic E-state index is 2.00. The summed E-state index contributed by atoms with van der Waals surface area (Å²) < 4.78 is 0. The van der Waals surface area contributed by atoms with Crippen molar-refractivity contribution in [2.75, 3.05) is 0 Å². The van der Waals surface area contributed by atoms with E-state index in [1.165, 1.54) is 0 Å². The standard InChI is InChI=1S/2C5H5.B.Yb/c2*1-2-4-5-3-1;;/h2*1-5H;;/q3*-1;+3. The van der Waals surface area contributed by atoms with Crippen LogP contribution >= 0.6 is 0 Å². The quantitative estimate of drug-likeness (QED) is 0.518. The third-order valence-electron chi connectivity index (χ3n) is 1.11. The Morgan fingerprint density at radius 3 is 0.917 bits per heavy atom. The molecule has 0 aromatic heterocycles.